The minimum atomic E-state index is -4.18. The van der Waals surface area contributed by atoms with Gasteiger partial charge in [-0.05, 0) is 43.7 Å². The SMILES string of the molecule is CC[C@@H](C)NC(=O)c1ccccc1NS(=O)(=O)c1ccc(F)c(F)c1. The third-order valence-electron chi connectivity index (χ3n) is 3.61. The van der Waals surface area contributed by atoms with E-state index >= 15 is 0 Å². The van der Waals surface area contributed by atoms with E-state index in [1.807, 2.05) is 13.8 Å². The van der Waals surface area contributed by atoms with Crippen LogP contribution in [0.25, 0.3) is 0 Å². The molecule has 0 aliphatic heterocycles. The zero-order chi connectivity index (χ0) is 18.6. The molecule has 1 amide bonds. The molecule has 1 atom stereocenters. The van der Waals surface area contributed by atoms with Gasteiger partial charge >= 0.3 is 0 Å². The Hall–Kier alpha value is -2.48. The van der Waals surface area contributed by atoms with E-state index in [2.05, 4.69) is 10.0 Å². The number of halogens is 2. The maximum Gasteiger partial charge on any atom is 0.262 e. The van der Waals surface area contributed by atoms with Gasteiger partial charge in [0.05, 0.1) is 16.1 Å². The maximum atomic E-state index is 13.3. The number of anilines is 1. The number of benzene rings is 2. The van der Waals surface area contributed by atoms with Crippen LogP contribution in [-0.2, 0) is 10.0 Å². The topological polar surface area (TPSA) is 75.3 Å². The van der Waals surface area contributed by atoms with Gasteiger partial charge in [-0.2, -0.15) is 0 Å². The number of hydrogen-bond acceptors (Lipinski definition) is 3. The maximum absolute atomic E-state index is 13.3. The Kier molecular flexibility index (Phi) is 5.73. The third kappa shape index (κ3) is 4.54. The first-order valence-corrected chi connectivity index (χ1v) is 9.10. The second-order valence-electron chi connectivity index (χ2n) is 5.51. The summed E-state index contributed by atoms with van der Waals surface area (Å²) in [5.41, 5.74) is 0.182. The summed E-state index contributed by atoms with van der Waals surface area (Å²) >= 11 is 0. The second kappa shape index (κ2) is 7.60. The Morgan fingerprint density at radius 2 is 1.80 bits per heavy atom. The fourth-order valence-electron chi connectivity index (χ4n) is 2.02. The smallest absolute Gasteiger partial charge is 0.262 e. The summed E-state index contributed by atoms with van der Waals surface area (Å²) in [5.74, 6) is -2.85. The lowest BCUT2D eigenvalue weighted by atomic mass is 10.1. The molecule has 0 saturated heterocycles. The zero-order valence-corrected chi connectivity index (χ0v) is 14.5. The van der Waals surface area contributed by atoms with Crippen molar-refractivity contribution in [3.63, 3.8) is 0 Å². The molecule has 2 aromatic rings. The van der Waals surface area contributed by atoms with Crippen molar-refractivity contribution in [3.8, 4) is 0 Å². The molecule has 0 aliphatic carbocycles. The molecule has 0 aliphatic rings. The van der Waals surface area contributed by atoms with Crippen molar-refractivity contribution in [3.05, 3.63) is 59.7 Å². The minimum absolute atomic E-state index is 0.0491. The molecule has 0 bridgehead atoms. The normalized spacial score (nSPS) is 12.5. The fraction of sp³-hybridized carbons (Fsp3) is 0.235. The first-order valence-electron chi connectivity index (χ1n) is 7.62. The molecule has 0 radical (unpaired) electrons. The van der Waals surface area contributed by atoms with Gasteiger partial charge in [0, 0.05) is 6.04 Å². The van der Waals surface area contributed by atoms with Gasteiger partial charge in [-0.1, -0.05) is 19.1 Å². The van der Waals surface area contributed by atoms with Crippen molar-refractivity contribution in [2.75, 3.05) is 4.72 Å². The number of hydrogen-bond donors (Lipinski definition) is 2. The molecule has 0 heterocycles. The molecule has 0 aromatic heterocycles. The lowest BCUT2D eigenvalue weighted by molar-refractivity contribution is 0.0940. The van der Waals surface area contributed by atoms with Gasteiger partial charge < -0.3 is 5.32 Å². The number of amides is 1. The Balaban J connectivity index is 2.33. The predicted octanol–water partition coefficient (Wildman–Crippen LogP) is 3.29. The molecule has 0 fully saturated rings. The van der Waals surface area contributed by atoms with E-state index < -0.39 is 32.5 Å². The molecular weight excluding hydrogens is 350 g/mol. The van der Waals surface area contributed by atoms with Gasteiger partial charge in [-0.15, -0.1) is 0 Å². The average Bonchev–Trinajstić information content (AvgIpc) is 2.57. The number of para-hydroxylation sites is 1. The Labute approximate surface area is 145 Å². The highest BCUT2D eigenvalue weighted by atomic mass is 32.2. The van der Waals surface area contributed by atoms with E-state index in [9.17, 15) is 22.0 Å². The quantitative estimate of drug-likeness (QED) is 0.822. The highest BCUT2D eigenvalue weighted by Gasteiger charge is 2.20. The van der Waals surface area contributed by atoms with Crippen molar-refractivity contribution in [1.82, 2.24) is 5.32 Å². The molecule has 2 aromatic carbocycles. The van der Waals surface area contributed by atoms with E-state index in [1.165, 1.54) is 12.1 Å². The van der Waals surface area contributed by atoms with Gasteiger partial charge in [0.2, 0.25) is 0 Å². The van der Waals surface area contributed by atoms with E-state index in [0.717, 1.165) is 12.1 Å². The van der Waals surface area contributed by atoms with E-state index in [-0.39, 0.29) is 17.3 Å². The first kappa shape index (κ1) is 18.9. The molecule has 0 saturated carbocycles. The van der Waals surface area contributed by atoms with Crippen molar-refractivity contribution in [2.45, 2.75) is 31.2 Å². The van der Waals surface area contributed by atoms with Gasteiger partial charge in [-0.25, -0.2) is 17.2 Å². The highest BCUT2D eigenvalue weighted by molar-refractivity contribution is 7.92. The minimum Gasteiger partial charge on any atom is -0.350 e. The van der Waals surface area contributed by atoms with Crippen molar-refractivity contribution >= 4 is 21.6 Å². The van der Waals surface area contributed by atoms with Crippen LogP contribution in [0.5, 0.6) is 0 Å². The summed E-state index contributed by atoms with van der Waals surface area (Å²) < 4.78 is 53.3. The molecule has 5 nitrogen and oxygen atoms in total. The fourth-order valence-corrected chi connectivity index (χ4v) is 3.11. The van der Waals surface area contributed by atoms with Crippen molar-refractivity contribution in [2.24, 2.45) is 0 Å². The number of carbonyl (C=O) groups is 1. The highest BCUT2D eigenvalue weighted by Crippen LogP contribution is 2.21. The molecule has 0 spiro atoms. The van der Waals surface area contributed by atoms with Gasteiger partial charge in [0.15, 0.2) is 11.6 Å². The Morgan fingerprint density at radius 3 is 2.44 bits per heavy atom. The molecule has 134 valence electrons. The van der Waals surface area contributed by atoms with Crippen molar-refractivity contribution in [1.29, 1.82) is 0 Å². The lowest BCUT2D eigenvalue weighted by Gasteiger charge is -2.15. The monoisotopic (exact) mass is 368 g/mol. The van der Waals surface area contributed by atoms with Crippen LogP contribution >= 0.6 is 0 Å². The summed E-state index contributed by atoms with van der Waals surface area (Å²) in [6.45, 7) is 3.73. The van der Waals surface area contributed by atoms with Gasteiger partial charge in [0.25, 0.3) is 15.9 Å². The van der Waals surface area contributed by atoms with Crippen LogP contribution in [0.4, 0.5) is 14.5 Å². The van der Waals surface area contributed by atoms with Crippen LogP contribution in [0.2, 0.25) is 0 Å². The summed E-state index contributed by atoms with van der Waals surface area (Å²) in [4.78, 5) is 11.9. The first-order chi connectivity index (χ1) is 11.7. The zero-order valence-electron chi connectivity index (χ0n) is 13.7. The van der Waals surface area contributed by atoms with Crippen LogP contribution in [0.1, 0.15) is 30.6 Å². The third-order valence-corrected chi connectivity index (χ3v) is 4.97. The van der Waals surface area contributed by atoms with Crippen LogP contribution in [0, 0.1) is 11.6 Å². The summed E-state index contributed by atoms with van der Waals surface area (Å²) in [5, 5.41) is 2.75. The molecular formula is C17H18F2N2O3S. The summed E-state index contributed by atoms with van der Waals surface area (Å²) in [7, 11) is -4.18. The Morgan fingerprint density at radius 1 is 1.12 bits per heavy atom. The number of nitrogens with one attached hydrogen (secondary N) is 2. The number of rotatable bonds is 6. The van der Waals surface area contributed by atoms with Crippen LogP contribution < -0.4 is 10.0 Å². The molecule has 8 heteroatoms. The lowest BCUT2D eigenvalue weighted by Crippen LogP contribution is -2.32. The van der Waals surface area contributed by atoms with E-state index in [1.54, 1.807) is 12.1 Å². The molecule has 2 rings (SSSR count). The largest absolute Gasteiger partial charge is 0.350 e. The predicted molar refractivity (Wildman–Crippen MR) is 90.8 cm³/mol. The van der Waals surface area contributed by atoms with Gasteiger partial charge in [0.1, 0.15) is 0 Å². The van der Waals surface area contributed by atoms with E-state index in [0.29, 0.717) is 12.5 Å². The van der Waals surface area contributed by atoms with Crippen LogP contribution in [0.3, 0.4) is 0 Å². The van der Waals surface area contributed by atoms with E-state index in [4.69, 9.17) is 0 Å². The summed E-state index contributed by atoms with van der Waals surface area (Å²) in [6.07, 6.45) is 0.717. The van der Waals surface area contributed by atoms with Gasteiger partial charge in [-0.3, -0.25) is 9.52 Å². The average molecular weight is 368 g/mol. The molecule has 0 unspecified atom stereocenters. The molecule has 25 heavy (non-hydrogen) atoms. The number of sulfonamides is 1. The van der Waals surface area contributed by atoms with Crippen molar-refractivity contribution < 1.29 is 22.0 Å². The van der Waals surface area contributed by atoms with Crippen LogP contribution in [-0.4, -0.2) is 20.4 Å². The molecule has 2 N–H and O–H groups in total. The standard InChI is InChI=1S/C17H18F2N2O3S/c1-3-11(2)20-17(22)13-6-4-5-7-16(13)21-25(23,24)12-8-9-14(18)15(19)10-12/h4-11,21H,3H2,1-2H3,(H,20,22)/t11-/m1/s1. The van der Waals surface area contributed by atoms with Crippen LogP contribution in [0.15, 0.2) is 47.4 Å². The number of carbonyl (C=O) groups excluding carboxylic acids is 1. The Bertz CT molecular complexity index is 885. The summed E-state index contributed by atoms with van der Waals surface area (Å²) in [6, 6.07) is 8.23. The second-order valence-corrected chi connectivity index (χ2v) is 7.19.